The van der Waals surface area contributed by atoms with Gasteiger partial charge in [0.1, 0.15) is 8.07 Å². The van der Waals surface area contributed by atoms with Crippen LogP contribution in [0.3, 0.4) is 0 Å². The van der Waals surface area contributed by atoms with Gasteiger partial charge in [-0.25, -0.2) is 0 Å². The molecule has 3 aromatic rings. The quantitative estimate of drug-likeness (QED) is 0.522. The lowest BCUT2D eigenvalue weighted by molar-refractivity contribution is 0.0928. The first-order valence-corrected chi connectivity index (χ1v) is 13.1. The first kappa shape index (κ1) is 20.8. The fourth-order valence-electron chi connectivity index (χ4n) is 3.78. The Bertz CT molecular complexity index is 952. The van der Waals surface area contributed by atoms with Crippen LogP contribution < -0.4 is 10.5 Å². The molecule has 0 saturated carbocycles. The summed E-state index contributed by atoms with van der Waals surface area (Å²) in [4.78, 5) is 12.9. The Morgan fingerprint density at radius 3 is 1.86 bits per heavy atom. The molecule has 148 valence electrons. The van der Waals surface area contributed by atoms with Crippen molar-refractivity contribution >= 4 is 19.2 Å². The zero-order valence-electron chi connectivity index (χ0n) is 17.4. The van der Waals surface area contributed by atoms with Crippen LogP contribution in [-0.4, -0.2) is 14.0 Å². The molecule has 3 heteroatoms. The summed E-state index contributed by atoms with van der Waals surface area (Å²) >= 11 is 0. The van der Waals surface area contributed by atoms with Crippen molar-refractivity contribution in [3.63, 3.8) is 0 Å². The van der Waals surface area contributed by atoms with Crippen molar-refractivity contribution in [2.75, 3.05) is 0 Å². The molecule has 29 heavy (non-hydrogen) atoms. The minimum Gasteiger partial charge on any atom is -0.345 e. The highest BCUT2D eigenvalue weighted by Gasteiger charge is 2.34. The third-order valence-electron chi connectivity index (χ3n) is 5.83. The van der Waals surface area contributed by atoms with Crippen LogP contribution in [0.15, 0.2) is 103 Å². The number of carbonyl (C=O) groups excluding carboxylic acids is 1. The van der Waals surface area contributed by atoms with E-state index in [0.717, 1.165) is 5.56 Å². The third kappa shape index (κ3) is 4.74. The molecule has 0 aliphatic heterocycles. The van der Waals surface area contributed by atoms with E-state index >= 15 is 0 Å². The SMILES string of the molecule is C=C([C@@H](C)[C@H](NC(=O)c1ccccc1)c1ccccc1)[Si](C)(C)c1ccccc1. The molecule has 2 nitrogen and oxygen atoms in total. The van der Waals surface area contributed by atoms with E-state index in [1.54, 1.807) is 0 Å². The summed E-state index contributed by atoms with van der Waals surface area (Å²) in [5, 5.41) is 5.86. The van der Waals surface area contributed by atoms with E-state index in [-0.39, 0.29) is 17.9 Å². The van der Waals surface area contributed by atoms with Gasteiger partial charge in [0, 0.05) is 5.56 Å². The van der Waals surface area contributed by atoms with Gasteiger partial charge in [-0.2, -0.15) is 0 Å². The zero-order valence-corrected chi connectivity index (χ0v) is 18.4. The van der Waals surface area contributed by atoms with E-state index in [9.17, 15) is 4.79 Å². The van der Waals surface area contributed by atoms with E-state index in [2.05, 4.69) is 68.3 Å². The maximum atomic E-state index is 12.9. The second kappa shape index (κ2) is 9.06. The lowest BCUT2D eigenvalue weighted by Crippen LogP contribution is -2.47. The van der Waals surface area contributed by atoms with Gasteiger partial charge in [-0.1, -0.05) is 109 Å². The summed E-state index contributed by atoms with van der Waals surface area (Å²) in [6.45, 7) is 11.4. The molecule has 3 aromatic carbocycles. The van der Waals surface area contributed by atoms with Gasteiger partial charge in [0.2, 0.25) is 0 Å². The predicted octanol–water partition coefficient (Wildman–Crippen LogP) is 5.50. The average molecular weight is 400 g/mol. The van der Waals surface area contributed by atoms with E-state index in [4.69, 9.17) is 0 Å². The van der Waals surface area contributed by atoms with Crippen molar-refractivity contribution in [1.29, 1.82) is 0 Å². The molecule has 0 saturated heterocycles. The molecular formula is C26H29NOSi. The minimum absolute atomic E-state index is 0.0571. The smallest absolute Gasteiger partial charge is 0.251 e. The Hall–Kier alpha value is -2.91. The van der Waals surface area contributed by atoms with Gasteiger partial charge in [-0.05, 0) is 23.6 Å². The van der Waals surface area contributed by atoms with Crippen molar-refractivity contribution in [2.45, 2.75) is 26.1 Å². The molecule has 1 amide bonds. The van der Waals surface area contributed by atoms with E-state index in [1.165, 1.54) is 10.4 Å². The molecule has 0 heterocycles. The van der Waals surface area contributed by atoms with Gasteiger partial charge in [0.25, 0.3) is 5.91 Å². The van der Waals surface area contributed by atoms with Crippen molar-refractivity contribution in [1.82, 2.24) is 5.32 Å². The molecular weight excluding hydrogens is 370 g/mol. The number of benzene rings is 3. The van der Waals surface area contributed by atoms with Gasteiger partial charge in [-0.3, -0.25) is 4.79 Å². The zero-order chi connectivity index (χ0) is 20.9. The van der Waals surface area contributed by atoms with Crippen LogP contribution in [0.2, 0.25) is 13.1 Å². The normalized spacial score (nSPS) is 13.3. The molecule has 3 rings (SSSR count). The average Bonchev–Trinajstić information content (AvgIpc) is 2.78. The molecule has 0 aromatic heterocycles. The van der Waals surface area contributed by atoms with Crippen LogP contribution in [0.25, 0.3) is 0 Å². The molecule has 0 radical (unpaired) electrons. The molecule has 0 bridgehead atoms. The Kier molecular flexibility index (Phi) is 6.50. The van der Waals surface area contributed by atoms with E-state index in [1.807, 2.05) is 54.6 Å². The van der Waals surface area contributed by atoms with Gasteiger partial charge < -0.3 is 5.32 Å². The second-order valence-electron chi connectivity index (χ2n) is 8.03. The first-order valence-electron chi connectivity index (χ1n) is 10.1. The molecule has 0 aliphatic carbocycles. The maximum absolute atomic E-state index is 12.9. The van der Waals surface area contributed by atoms with Crippen LogP contribution in [0.4, 0.5) is 0 Å². The second-order valence-corrected chi connectivity index (χ2v) is 12.5. The Morgan fingerprint density at radius 1 is 0.828 bits per heavy atom. The van der Waals surface area contributed by atoms with Gasteiger partial charge in [0.15, 0.2) is 0 Å². The number of hydrogen-bond donors (Lipinski definition) is 1. The summed E-state index contributed by atoms with van der Waals surface area (Å²) in [5.41, 5.74) is 1.77. The summed E-state index contributed by atoms with van der Waals surface area (Å²) in [7, 11) is -1.92. The van der Waals surface area contributed by atoms with Gasteiger partial charge >= 0.3 is 0 Å². The third-order valence-corrected chi connectivity index (χ3v) is 9.67. The molecule has 2 atom stereocenters. The Balaban J connectivity index is 1.91. The molecule has 0 fully saturated rings. The lowest BCUT2D eigenvalue weighted by Gasteiger charge is -2.35. The van der Waals surface area contributed by atoms with Crippen LogP contribution in [0.5, 0.6) is 0 Å². The van der Waals surface area contributed by atoms with Crippen molar-refractivity contribution in [3.8, 4) is 0 Å². The highest BCUT2D eigenvalue weighted by Crippen LogP contribution is 2.32. The van der Waals surface area contributed by atoms with E-state index in [0.29, 0.717) is 5.56 Å². The van der Waals surface area contributed by atoms with Crippen LogP contribution in [0.1, 0.15) is 28.9 Å². The standard InChI is InChI=1S/C26H29NOSi/c1-20(21(2)29(3,4)24-18-12-7-13-19-24)25(22-14-8-5-9-15-22)27-26(28)23-16-10-6-11-17-23/h5-20,25H,2H2,1,3-4H3,(H,27,28)/t20-,25+/m1/s1. The van der Waals surface area contributed by atoms with Crippen LogP contribution in [0, 0.1) is 5.92 Å². The highest BCUT2D eigenvalue weighted by molar-refractivity contribution is 6.95. The molecule has 0 aliphatic rings. The number of amides is 1. The summed E-state index contributed by atoms with van der Waals surface area (Å²) in [5.74, 6) is 0.0465. The number of nitrogens with one attached hydrogen (secondary N) is 1. The maximum Gasteiger partial charge on any atom is 0.251 e. The largest absolute Gasteiger partial charge is 0.345 e. The molecule has 0 spiro atoms. The lowest BCUT2D eigenvalue weighted by atomic mass is 9.94. The fraction of sp³-hybridized carbons (Fsp3) is 0.192. The topological polar surface area (TPSA) is 29.1 Å². The predicted molar refractivity (Wildman–Crippen MR) is 125 cm³/mol. The Labute approximate surface area is 175 Å². The number of carbonyl (C=O) groups is 1. The summed E-state index contributed by atoms with van der Waals surface area (Å²) < 4.78 is 0. The monoisotopic (exact) mass is 399 g/mol. The first-order chi connectivity index (χ1) is 13.9. The van der Waals surface area contributed by atoms with Gasteiger partial charge in [0.05, 0.1) is 6.04 Å². The molecule has 0 unspecified atom stereocenters. The summed E-state index contributed by atoms with van der Waals surface area (Å²) in [6.07, 6.45) is 0. The molecule has 1 N–H and O–H groups in total. The number of hydrogen-bond acceptors (Lipinski definition) is 1. The Morgan fingerprint density at radius 2 is 1.31 bits per heavy atom. The number of rotatable bonds is 7. The van der Waals surface area contributed by atoms with Crippen molar-refractivity contribution in [3.05, 3.63) is 114 Å². The fourth-order valence-corrected chi connectivity index (χ4v) is 6.48. The van der Waals surface area contributed by atoms with Crippen molar-refractivity contribution in [2.24, 2.45) is 5.92 Å². The van der Waals surface area contributed by atoms with Crippen LogP contribution >= 0.6 is 0 Å². The van der Waals surface area contributed by atoms with Crippen LogP contribution in [-0.2, 0) is 0 Å². The van der Waals surface area contributed by atoms with Crippen molar-refractivity contribution < 1.29 is 4.79 Å². The highest BCUT2D eigenvalue weighted by atomic mass is 28.3. The summed E-state index contributed by atoms with van der Waals surface area (Å²) in [6, 6.07) is 30.1. The van der Waals surface area contributed by atoms with E-state index < -0.39 is 8.07 Å². The minimum atomic E-state index is -1.92. The van der Waals surface area contributed by atoms with Gasteiger partial charge in [-0.15, -0.1) is 6.58 Å².